The Labute approximate surface area is 237 Å². The minimum atomic E-state index is -4.79. The number of benzene rings is 2. The van der Waals surface area contributed by atoms with Gasteiger partial charge >= 0.3 is 6.18 Å². The largest absolute Gasteiger partial charge is 0.497 e. The second-order valence-electron chi connectivity index (χ2n) is 10.4. The average molecular weight is 592 g/mol. The molecule has 0 saturated carbocycles. The lowest BCUT2D eigenvalue weighted by Crippen LogP contribution is -2.57. The first-order valence-electron chi connectivity index (χ1n) is 13.1. The average Bonchev–Trinajstić information content (AvgIpc) is 3.34. The smallest absolute Gasteiger partial charge is 0.433 e. The first-order valence-corrected chi connectivity index (χ1v) is 13.1. The number of carbonyl (C=O) groups excluding carboxylic acids is 1. The summed E-state index contributed by atoms with van der Waals surface area (Å²) in [6.45, 7) is 5.05. The second-order valence-corrected chi connectivity index (χ2v) is 10.4. The highest BCUT2D eigenvalue weighted by molar-refractivity contribution is 6.00. The number of aromatic nitrogens is 3. The minimum absolute atomic E-state index is 0.0441. The van der Waals surface area contributed by atoms with Crippen molar-refractivity contribution in [1.29, 1.82) is 0 Å². The number of fused-ring (bicyclic) bond motifs is 1. The monoisotopic (exact) mass is 591 g/mol. The number of hydrogen-bond acceptors (Lipinski definition) is 5. The molecule has 1 fully saturated rings. The van der Waals surface area contributed by atoms with E-state index in [4.69, 9.17) is 4.74 Å². The molecule has 2 atom stereocenters. The summed E-state index contributed by atoms with van der Waals surface area (Å²) in [5.41, 5.74) is -1.27. The van der Waals surface area contributed by atoms with Crippen molar-refractivity contribution in [3.8, 4) is 17.0 Å². The van der Waals surface area contributed by atoms with Crippen molar-refractivity contribution in [3.63, 3.8) is 0 Å². The van der Waals surface area contributed by atoms with E-state index in [1.807, 2.05) is 0 Å². The number of halogens is 6. The normalized spacial score (nSPS) is 18.1. The van der Waals surface area contributed by atoms with Crippen LogP contribution >= 0.6 is 0 Å². The van der Waals surface area contributed by atoms with Crippen molar-refractivity contribution < 1.29 is 35.9 Å². The zero-order valence-corrected chi connectivity index (χ0v) is 23.1. The van der Waals surface area contributed by atoms with E-state index in [1.165, 1.54) is 18.9 Å². The molecule has 1 amide bonds. The molecule has 0 N–H and O–H groups in total. The Morgan fingerprint density at radius 1 is 1.05 bits per heavy atom. The summed E-state index contributed by atoms with van der Waals surface area (Å²) in [5, 5.41) is 3.91. The van der Waals surface area contributed by atoms with Gasteiger partial charge in [0.25, 0.3) is 5.91 Å². The predicted octanol–water partition coefficient (Wildman–Crippen LogP) is 5.88. The van der Waals surface area contributed by atoms with Crippen molar-refractivity contribution >= 4 is 11.6 Å². The van der Waals surface area contributed by atoms with Crippen LogP contribution in [0.3, 0.4) is 0 Å². The van der Waals surface area contributed by atoms with Gasteiger partial charge in [-0.15, -0.1) is 0 Å². The standard InChI is InChI=1S/C29H27F6N5O2/c1-15-13-39(16(2)12-38(15)14-19-9-20(30)10-23(31)24(19)32)28(41)22-11-36-40-26(29(33,34)35)17(3)25(37-27(22)40)18-5-7-21(42-4)8-6-18/h5-11,15-16H,12-14H2,1-4H3/t15-,16+/m0/s1. The van der Waals surface area contributed by atoms with Gasteiger partial charge in [0.05, 0.1) is 19.0 Å². The van der Waals surface area contributed by atoms with Gasteiger partial charge in [-0.1, -0.05) is 0 Å². The topological polar surface area (TPSA) is 63.0 Å². The predicted molar refractivity (Wildman–Crippen MR) is 141 cm³/mol. The SMILES string of the molecule is COc1ccc(-c2nc3c(C(=O)N4C[C@H](C)N(Cc5cc(F)cc(F)c5F)C[C@H]4C)cnn3c(C(F)(F)F)c2C)cc1. The molecule has 0 radical (unpaired) electrons. The van der Waals surface area contributed by atoms with Gasteiger partial charge in [-0.25, -0.2) is 22.7 Å². The maximum absolute atomic E-state index is 14.3. The highest BCUT2D eigenvalue weighted by Gasteiger charge is 2.40. The van der Waals surface area contributed by atoms with Gasteiger partial charge in [0.15, 0.2) is 23.0 Å². The summed E-state index contributed by atoms with van der Waals surface area (Å²) >= 11 is 0. The summed E-state index contributed by atoms with van der Waals surface area (Å²) in [4.78, 5) is 21.5. The number of ether oxygens (including phenoxy) is 1. The van der Waals surface area contributed by atoms with E-state index in [-0.39, 0.29) is 53.7 Å². The molecule has 1 aliphatic heterocycles. The molecule has 0 aliphatic carbocycles. The van der Waals surface area contributed by atoms with Crippen LogP contribution in [-0.4, -0.2) is 62.6 Å². The fourth-order valence-electron chi connectivity index (χ4n) is 5.39. The Morgan fingerprint density at radius 3 is 2.38 bits per heavy atom. The lowest BCUT2D eigenvalue weighted by molar-refractivity contribution is -0.143. The summed E-state index contributed by atoms with van der Waals surface area (Å²) in [6, 6.07) is 6.92. The van der Waals surface area contributed by atoms with Crippen LogP contribution in [0.25, 0.3) is 16.9 Å². The summed E-state index contributed by atoms with van der Waals surface area (Å²) in [6.07, 6.45) is -3.72. The molecule has 0 unspecified atom stereocenters. The Morgan fingerprint density at radius 2 is 1.74 bits per heavy atom. The third-order valence-corrected chi connectivity index (χ3v) is 7.56. The van der Waals surface area contributed by atoms with Crippen molar-refractivity contribution in [2.45, 2.75) is 45.6 Å². The first-order chi connectivity index (χ1) is 19.8. The van der Waals surface area contributed by atoms with Crippen LogP contribution in [0.5, 0.6) is 5.75 Å². The van der Waals surface area contributed by atoms with Gasteiger partial charge in [0.1, 0.15) is 17.1 Å². The van der Waals surface area contributed by atoms with Gasteiger partial charge in [0, 0.05) is 54.5 Å². The second kappa shape index (κ2) is 10.9. The van der Waals surface area contributed by atoms with E-state index < -0.39 is 41.3 Å². The van der Waals surface area contributed by atoms with Crippen LogP contribution in [0.15, 0.2) is 42.6 Å². The van der Waals surface area contributed by atoms with Crippen molar-refractivity contribution in [1.82, 2.24) is 24.4 Å². The molecule has 1 saturated heterocycles. The number of carbonyl (C=O) groups is 1. The van der Waals surface area contributed by atoms with Crippen LogP contribution in [0.1, 0.15) is 41.0 Å². The van der Waals surface area contributed by atoms with E-state index in [0.717, 1.165) is 12.3 Å². The van der Waals surface area contributed by atoms with Gasteiger partial charge in [-0.05, 0) is 51.1 Å². The summed E-state index contributed by atoms with van der Waals surface area (Å²) < 4.78 is 90.4. The minimum Gasteiger partial charge on any atom is -0.497 e. The molecule has 3 heterocycles. The zero-order valence-electron chi connectivity index (χ0n) is 23.1. The zero-order chi connectivity index (χ0) is 30.5. The number of nitrogens with zero attached hydrogens (tertiary/aromatic N) is 5. The third kappa shape index (κ3) is 5.28. The van der Waals surface area contributed by atoms with Crippen LogP contribution in [0.4, 0.5) is 26.3 Å². The van der Waals surface area contributed by atoms with Crippen molar-refractivity contribution in [2.75, 3.05) is 20.2 Å². The lowest BCUT2D eigenvalue weighted by Gasteiger charge is -2.44. The van der Waals surface area contributed by atoms with E-state index in [2.05, 4.69) is 10.1 Å². The Kier molecular flexibility index (Phi) is 7.64. The number of rotatable bonds is 5. The number of piperazine rings is 1. The molecule has 1 aliphatic rings. The van der Waals surface area contributed by atoms with E-state index in [1.54, 1.807) is 43.0 Å². The van der Waals surface area contributed by atoms with E-state index >= 15 is 0 Å². The molecular weight excluding hydrogens is 564 g/mol. The Hall–Kier alpha value is -4.13. The quantitative estimate of drug-likeness (QED) is 0.214. The Balaban J connectivity index is 1.49. The molecule has 0 spiro atoms. The molecule has 13 heteroatoms. The maximum Gasteiger partial charge on any atom is 0.433 e. The van der Waals surface area contributed by atoms with E-state index in [0.29, 0.717) is 21.9 Å². The molecule has 0 bridgehead atoms. The molecule has 2 aromatic heterocycles. The fraction of sp³-hybridized carbons (Fsp3) is 0.345. The molecule has 2 aromatic carbocycles. The van der Waals surface area contributed by atoms with Gasteiger partial charge in [-0.2, -0.15) is 18.3 Å². The molecule has 5 rings (SSSR count). The van der Waals surface area contributed by atoms with Crippen LogP contribution in [0.2, 0.25) is 0 Å². The van der Waals surface area contributed by atoms with Crippen LogP contribution < -0.4 is 4.74 Å². The molecular formula is C29H27F6N5O2. The highest BCUT2D eigenvalue weighted by Crippen LogP contribution is 2.37. The first kappa shape index (κ1) is 29.4. The maximum atomic E-state index is 14.3. The van der Waals surface area contributed by atoms with E-state index in [9.17, 15) is 31.1 Å². The van der Waals surface area contributed by atoms with Gasteiger partial charge < -0.3 is 9.64 Å². The number of alkyl halides is 3. The highest BCUT2D eigenvalue weighted by atomic mass is 19.4. The lowest BCUT2D eigenvalue weighted by atomic mass is 10.0. The number of hydrogen-bond donors (Lipinski definition) is 0. The van der Waals surface area contributed by atoms with Gasteiger partial charge in [0.2, 0.25) is 0 Å². The molecule has 222 valence electrons. The molecule has 4 aromatic rings. The number of methoxy groups -OCH3 is 1. The molecule has 7 nitrogen and oxygen atoms in total. The summed E-state index contributed by atoms with van der Waals surface area (Å²) in [5.74, 6) is -3.39. The van der Waals surface area contributed by atoms with Crippen molar-refractivity contribution in [3.05, 3.63) is 82.4 Å². The number of amides is 1. The summed E-state index contributed by atoms with van der Waals surface area (Å²) in [7, 11) is 1.47. The molecule has 42 heavy (non-hydrogen) atoms. The van der Waals surface area contributed by atoms with Crippen LogP contribution in [0, 0.1) is 24.4 Å². The van der Waals surface area contributed by atoms with Crippen LogP contribution in [-0.2, 0) is 12.7 Å². The van der Waals surface area contributed by atoms with Gasteiger partial charge in [-0.3, -0.25) is 9.69 Å². The Bertz CT molecular complexity index is 1650. The third-order valence-electron chi connectivity index (χ3n) is 7.56. The fourth-order valence-corrected chi connectivity index (χ4v) is 5.39. The van der Waals surface area contributed by atoms with Crippen molar-refractivity contribution in [2.24, 2.45) is 0 Å².